The van der Waals surface area contributed by atoms with Crippen LogP contribution in [0, 0.1) is 0 Å². The number of fused-ring (bicyclic) bond motifs is 1. The summed E-state index contributed by atoms with van der Waals surface area (Å²) in [5, 5.41) is 10.0. The van der Waals surface area contributed by atoms with Crippen LogP contribution in [0.4, 0.5) is 18.9 Å². The Morgan fingerprint density at radius 3 is 2.37 bits per heavy atom. The monoisotopic (exact) mass is 275 g/mol. The molecule has 0 unspecified atom stereocenters. The molecule has 0 spiro atoms. The van der Waals surface area contributed by atoms with Gasteiger partial charge in [-0.05, 0) is 24.5 Å². The van der Waals surface area contributed by atoms with Gasteiger partial charge in [-0.15, -0.1) is 0 Å². The van der Waals surface area contributed by atoms with Crippen molar-refractivity contribution in [2.45, 2.75) is 25.4 Å². The Morgan fingerprint density at radius 2 is 1.79 bits per heavy atom. The molecule has 0 atom stereocenters. The molecule has 0 aliphatic carbocycles. The van der Waals surface area contributed by atoms with Crippen molar-refractivity contribution in [3.8, 4) is 0 Å². The second-order valence-electron chi connectivity index (χ2n) is 3.86. The van der Waals surface area contributed by atoms with E-state index in [1.807, 2.05) is 18.2 Å². The number of rotatable bonds is 0. The summed E-state index contributed by atoms with van der Waals surface area (Å²) in [4.78, 5) is 20.0. The molecule has 104 valence electrons. The molecule has 2 N–H and O–H groups in total. The summed E-state index contributed by atoms with van der Waals surface area (Å²) in [6, 6.07) is 7.99. The lowest BCUT2D eigenvalue weighted by molar-refractivity contribution is -0.192. The van der Waals surface area contributed by atoms with E-state index in [0.29, 0.717) is 6.42 Å². The minimum absolute atomic E-state index is 0.139. The highest BCUT2D eigenvalue weighted by Crippen LogP contribution is 2.20. The topological polar surface area (TPSA) is 66.4 Å². The van der Waals surface area contributed by atoms with Crippen molar-refractivity contribution in [2.75, 3.05) is 5.32 Å². The molecule has 19 heavy (non-hydrogen) atoms. The van der Waals surface area contributed by atoms with Gasteiger partial charge in [-0.1, -0.05) is 18.2 Å². The zero-order valence-corrected chi connectivity index (χ0v) is 9.83. The fourth-order valence-electron chi connectivity index (χ4n) is 1.51. The van der Waals surface area contributed by atoms with Crippen molar-refractivity contribution in [3.63, 3.8) is 0 Å². The van der Waals surface area contributed by atoms with E-state index >= 15 is 0 Å². The molecule has 0 saturated carbocycles. The number of hydrogen-bond acceptors (Lipinski definition) is 2. The van der Waals surface area contributed by atoms with Gasteiger partial charge in [0.05, 0.1) is 0 Å². The molecule has 2 rings (SSSR count). The Hall–Kier alpha value is -2.05. The van der Waals surface area contributed by atoms with Gasteiger partial charge in [0.1, 0.15) is 0 Å². The summed E-state index contributed by atoms with van der Waals surface area (Å²) < 4.78 is 31.7. The maximum Gasteiger partial charge on any atom is 0.490 e. The average molecular weight is 275 g/mol. The lowest BCUT2D eigenvalue weighted by Gasteiger charge is -2.04. The Balaban J connectivity index is 0.000000224. The van der Waals surface area contributed by atoms with E-state index < -0.39 is 12.1 Å². The lowest BCUT2D eigenvalue weighted by atomic mass is 10.1. The smallest absolute Gasteiger partial charge is 0.475 e. The molecule has 1 aromatic carbocycles. The molecule has 0 fully saturated rings. The van der Waals surface area contributed by atoms with Gasteiger partial charge in [-0.2, -0.15) is 13.2 Å². The standard InChI is InChI=1S/C10H11NO.C2HF3O2/c12-10-7-3-5-8-4-1-2-6-9(8)11-10;3-2(4,5)1(6)7/h1-2,4,6H,3,5,7H2,(H,11,12);(H,6,7). The van der Waals surface area contributed by atoms with Crippen molar-refractivity contribution in [1.29, 1.82) is 0 Å². The molecule has 1 amide bonds. The minimum atomic E-state index is -5.08. The number of halogens is 3. The highest BCUT2D eigenvalue weighted by molar-refractivity contribution is 5.92. The third-order valence-electron chi connectivity index (χ3n) is 2.38. The van der Waals surface area contributed by atoms with E-state index in [4.69, 9.17) is 9.90 Å². The van der Waals surface area contributed by atoms with Crippen LogP contribution in [0.5, 0.6) is 0 Å². The van der Waals surface area contributed by atoms with Gasteiger partial charge in [0.25, 0.3) is 0 Å². The first kappa shape index (κ1) is 15.0. The number of carbonyl (C=O) groups excluding carboxylic acids is 1. The Morgan fingerprint density at radius 1 is 1.21 bits per heavy atom. The Labute approximate surface area is 107 Å². The number of amides is 1. The predicted octanol–water partition coefficient (Wildman–Crippen LogP) is 2.59. The quantitative estimate of drug-likeness (QED) is 0.764. The predicted molar refractivity (Wildman–Crippen MR) is 61.7 cm³/mol. The van der Waals surface area contributed by atoms with Crippen molar-refractivity contribution in [1.82, 2.24) is 0 Å². The van der Waals surface area contributed by atoms with Crippen LogP contribution in [0.3, 0.4) is 0 Å². The van der Waals surface area contributed by atoms with Crippen molar-refractivity contribution < 1.29 is 27.9 Å². The molecule has 0 saturated heterocycles. The molecule has 7 heteroatoms. The Kier molecular flexibility index (Phi) is 4.91. The molecule has 0 radical (unpaired) electrons. The lowest BCUT2D eigenvalue weighted by Crippen LogP contribution is -2.21. The molecule has 4 nitrogen and oxygen atoms in total. The highest BCUT2D eigenvalue weighted by Gasteiger charge is 2.38. The highest BCUT2D eigenvalue weighted by atomic mass is 19.4. The number of alkyl halides is 3. The van der Waals surface area contributed by atoms with Crippen LogP contribution in [0.1, 0.15) is 18.4 Å². The van der Waals surface area contributed by atoms with Crippen LogP contribution in [0.15, 0.2) is 24.3 Å². The number of anilines is 1. The van der Waals surface area contributed by atoms with E-state index in [1.165, 1.54) is 5.56 Å². The zero-order valence-electron chi connectivity index (χ0n) is 9.83. The molecule has 1 heterocycles. The SMILES string of the molecule is O=C(O)C(F)(F)F.O=C1CCCc2ccccc2N1. The van der Waals surface area contributed by atoms with Crippen LogP contribution in [-0.4, -0.2) is 23.2 Å². The third kappa shape index (κ3) is 4.99. The van der Waals surface area contributed by atoms with E-state index in [0.717, 1.165) is 18.5 Å². The van der Waals surface area contributed by atoms with E-state index in [-0.39, 0.29) is 5.91 Å². The molecular weight excluding hydrogens is 263 g/mol. The fourth-order valence-corrected chi connectivity index (χ4v) is 1.51. The van der Waals surface area contributed by atoms with Crippen LogP contribution >= 0.6 is 0 Å². The molecule has 1 aliphatic heterocycles. The van der Waals surface area contributed by atoms with Gasteiger partial charge >= 0.3 is 12.1 Å². The summed E-state index contributed by atoms with van der Waals surface area (Å²) in [5.41, 5.74) is 2.24. The van der Waals surface area contributed by atoms with Crippen LogP contribution in [0.2, 0.25) is 0 Å². The van der Waals surface area contributed by atoms with E-state index in [1.54, 1.807) is 0 Å². The zero-order chi connectivity index (χ0) is 14.5. The van der Waals surface area contributed by atoms with Crippen LogP contribution in [0.25, 0.3) is 0 Å². The number of hydrogen-bond donors (Lipinski definition) is 2. The molecular formula is C12H12F3NO3. The number of carboxylic acids is 1. The maximum absolute atomic E-state index is 11.1. The van der Waals surface area contributed by atoms with Gasteiger partial charge < -0.3 is 10.4 Å². The van der Waals surface area contributed by atoms with Crippen molar-refractivity contribution in [2.24, 2.45) is 0 Å². The number of carboxylic acid groups (broad SMARTS) is 1. The summed E-state index contributed by atoms with van der Waals surface area (Å²) in [7, 11) is 0. The van der Waals surface area contributed by atoms with Crippen LogP contribution in [-0.2, 0) is 16.0 Å². The number of aryl methyl sites for hydroxylation is 1. The number of carbonyl (C=O) groups is 2. The van der Waals surface area contributed by atoms with E-state index in [9.17, 15) is 18.0 Å². The normalized spacial score (nSPS) is 14.4. The second kappa shape index (κ2) is 6.21. The first-order valence-electron chi connectivity index (χ1n) is 5.48. The summed E-state index contributed by atoms with van der Waals surface area (Å²) >= 11 is 0. The Bertz CT molecular complexity index is 472. The number of aliphatic carboxylic acids is 1. The molecule has 0 aromatic heterocycles. The van der Waals surface area contributed by atoms with Gasteiger partial charge in [0.2, 0.25) is 5.91 Å². The largest absolute Gasteiger partial charge is 0.490 e. The number of benzene rings is 1. The third-order valence-corrected chi connectivity index (χ3v) is 2.38. The van der Waals surface area contributed by atoms with E-state index in [2.05, 4.69) is 11.4 Å². The van der Waals surface area contributed by atoms with Gasteiger partial charge in [-0.3, -0.25) is 4.79 Å². The number of para-hydroxylation sites is 1. The molecule has 1 aliphatic rings. The molecule has 1 aromatic rings. The van der Waals surface area contributed by atoms with Crippen molar-refractivity contribution in [3.05, 3.63) is 29.8 Å². The summed E-state index contributed by atoms with van der Waals surface area (Å²) in [5.74, 6) is -2.62. The fraction of sp³-hybridized carbons (Fsp3) is 0.333. The minimum Gasteiger partial charge on any atom is -0.475 e. The van der Waals surface area contributed by atoms with Gasteiger partial charge in [0.15, 0.2) is 0 Å². The maximum atomic E-state index is 11.1. The first-order valence-corrected chi connectivity index (χ1v) is 5.48. The van der Waals surface area contributed by atoms with Gasteiger partial charge in [-0.25, -0.2) is 4.79 Å². The molecule has 0 bridgehead atoms. The number of nitrogens with one attached hydrogen (secondary N) is 1. The summed E-state index contributed by atoms with van der Waals surface area (Å²) in [6.45, 7) is 0. The second-order valence-corrected chi connectivity index (χ2v) is 3.86. The van der Waals surface area contributed by atoms with Crippen molar-refractivity contribution >= 4 is 17.6 Å². The van der Waals surface area contributed by atoms with Gasteiger partial charge in [0, 0.05) is 12.1 Å². The first-order chi connectivity index (χ1) is 8.80. The van der Waals surface area contributed by atoms with Crippen LogP contribution < -0.4 is 5.32 Å². The summed E-state index contributed by atoms with van der Waals surface area (Å²) in [6.07, 6.45) is -2.47. The average Bonchev–Trinajstić information content (AvgIpc) is 2.49.